The van der Waals surface area contributed by atoms with Crippen molar-refractivity contribution in [1.82, 2.24) is 0 Å². The molecule has 0 saturated carbocycles. The zero-order chi connectivity index (χ0) is 17.7. The van der Waals surface area contributed by atoms with Gasteiger partial charge in [0.1, 0.15) is 0 Å². The van der Waals surface area contributed by atoms with Crippen molar-refractivity contribution >= 4 is 10.8 Å². The van der Waals surface area contributed by atoms with Crippen molar-refractivity contribution in [1.29, 1.82) is 0 Å². The van der Waals surface area contributed by atoms with E-state index < -0.39 is 0 Å². The molecule has 0 spiro atoms. The van der Waals surface area contributed by atoms with Crippen molar-refractivity contribution < 1.29 is 4.57 Å². The van der Waals surface area contributed by atoms with Crippen LogP contribution in [-0.4, -0.2) is 0 Å². The summed E-state index contributed by atoms with van der Waals surface area (Å²) in [6.45, 7) is 9.54. The predicted molar refractivity (Wildman–Crippen MR) is 106 cm³/mol. The first-order valence-electron chi connectivity index (χ1n) is 9.66. The number of hydrogen-bond acceptors (Lipinski definition) is 0. The molecule has 1 heteroatoms. The van der Waals surface area contributed by atoms with Gasteiger partial charge in [0.25, 0.3) is 0 Å². The molecule has 25 heavy (non-hydrogen) atoms. The smallest absolute Gasteiger partial charge is 0.192 e. The fraction of sp³-hybridized carbons (Fsp3) is 0.375. The molecule has 1 aliphatic rings. The average molecular weight is 330 g/mol. The second-order valence-corrected chi connectivity index (χ2v) is 7.59. The highest BCUT2D eigenvalue weighted by molar-refractivity contribution is 5.94. The highest BCUT2D eigenvalue weighted by Gasteiger charge is 2.58. The second kappa shape index (κ2) is 5.69. The van der Waals surface area contributed by atoms with E-state index in [0.717, 1.165) is 19.3 Å². The molecule has 128 valence electrons. The first-order valence-corrected chi connectivity index (χ1v) is 9.66. The van der Waals surface area contributed by atoms with Crippen LogP contribution in [0.2, 0.25) is 0 Å². The summed E-state index contributed by atoms with van der Waals surface area (Å²) in [5.74, 6) is 0. The van der Waals surface area contributed by atoms with Crippen LogP contribution >= 0.6 is 0 Å². The van der Waals surface area contributed by atoms with Crippen LogP contribution in [0, 0.1) is 0 Å². The van der Waals surface area contributed by atoms with E-state index >= 15 is 0 Å². The largest absolute Gasteiger partial charge is 0.221 e. The van der Waals surface area contributed by atoms with Crippen molar-refractivity contribution in [3.8, 4) is 11.3 Å². The van der Waals surface area contributed by atoms with Gasteiger partial charge >= 0.3 is 0 Å². The SMILES string of the molecule is CCC1(C)c2ccccc2-c2c3ccccc3cc[n+]2C1(CC)CC. The lowest BCUT2D eigenvalue weighted by Gasteiger charge is -2.47. The lowest BCUT2D eigenvalue weighted by atomic mass is 9.58. The number of rotatable bonds is 3. The Hall–Kier alpha value is -2.15. The number of fused-ring (bicyclic) bond motifs is 5. The first-order chi connectivity index (χ1) is 12.1. The molecule has 3 aromatic rings. The summed E-state index contributed by atoms with van der Waals surface area (Å²) >= 11 is 0. The maximum absolute atomic E-state index is 2.61. The average Bonchev–Trinajstić information content (AvgIpc) is 2.68. The summed E-state index contributed by atoms with van der Waals surface area (Å²) in [6, 6.07) is 20.2. The Kier molecular flexibility index (Phi) is 3.72. The zero-order valence-electron chi connectivity index (χ0n) is 15.8. The molecule has 4 rings (SSSR count). The summed E-state index contributed by atoms with van der Waals surface area (Å²) in [5.41, 5.74) is 4.55. The molecule has 1 nitrogen and oxygen atoms in total. The van der Waals surface area contributed by atoms with Crippen molar-refractivity contribution in [2.45, 2.75) is 57.9 Å². The molecule has 1 unspecified atom stereocenters. The third kappa shape index (κ3) is 1.93. The maximum Gasteiger partial charge on any atom is 0.221 e. The molecule has 0 N–H and O–H groups in total. The molecule has 2 heterocycles. The fourth-order valence-corrected chi connectivity index (χ4v) is 5.43. The molecule has 0 amide bonds. The van der Waals surface area contributed by atoms with E-state index in [2.05, 4.69) is 93.1 Å². The van der Waals surface area contributed by atoms with Crippen LogP contribution in [0.25, 0.3) is 22.0 Å². The van der Waals surface area contributed by atoms with Gasteiger partial charge in [0.05, 0.1) is 16.4 Å². The van der Waals surface area contributed by atoms with E-state index in [0.29, 0.717) is 0 Å². The molecule has 1 atom stereocenters. The van der Waals surface area contributed by atoms with Crippen molar-refractivity contribution in [3.63, 3.8) is 0 Å². The Labute approximate surface area is 151 Å². The van der Waals surface area contributed by atoms with E-state index in [4.69, 9.17) is 0 Å². The lowest BCUT2D eigenvalue weighted by molar-refractivity contribution is -0.768. The molecular formula is C24H28N+. The van der Waals surface area contributed by atoms with Crippen molar-refractivity contribution in [3.05, 3.63) is 66.4 Å². The normalized spacial score (nSPS) is 21.0. The molecule has 2 aromatic carbocycles. The Morgan fingerprint density at radius 1 is 0.800 bits per heavy atom. The van der Waals surface area contributed by atoms with Gasteiger partial charge in [-0.2, -0.15) is 4.57 Å². The van der Waals surface area contributed by atoms with Crippen LogP contribution in [0.5, 0.6) is 0 Å². The Balaban J connectivity index is 2.22. The summed E-state index contributed by atoms with van der Waals surface area (Å²) in [5, 5.41) is 2.69. The lowest BCUT2D eigenvalue weighted by Crippen LogP contribution is -2.68. The number of benzene rings is 2. The summed E-state index contributed by atoms with van der Waals surface area (Å²) in [6.07, 6.45) is 5.76. The van der Waals surface area contributed by atoms with Gasteiger partial charge in [-0.05, 0) is 36.4 Å². The number of hydrogen-bond donors (Lipinski definition) is 0. The third-order valence-corrected chi connectivity index (χ3v) is 7.00. The molecule has 0 bridgehead atoms. The summed E-state index contributed by atoms with van der Waals surface area (Å²) < 4.78 is 2.61. The Morgan fingerprint density at radius 2 is 1.48 bits per heavy atom. The van der Waals surface area contributed by atoms with Gasteiger partial charge in [0.2, 0.25) is 5.69 Å². The van der Waals surface area contributed by atoms with E-state index in [1.54, 1.807) is 0 Å². The van der Waals surface area contributed by atoms with Gasteiger partial charge in [0, 0.05) is 18.9 Å². The summed E-state index contributed by atoms with van der Waals surface area (Å²) in [7, 11) is 0. The molecular weight excluding hydrogens is 302 g/mol. The quantitative estimate of drug-likeness (QED) is 0.519. The predicted octanol–water partition coefficient (Wildman–Crippen LogP) is 5.99. The minimum absolute atomic E-state index is 0.107. The van der Waals surface area contributed by atoms with Gasteiger partial charge in [-0.25, -0.2) is 0 Å². The monoisotopic (exact) mass is 330 g/mol. The molecule has 0 saturated heterocycles. The number of aromatic nitrogens is 1. The zero-order valence-corrected chi connectivity index (χ0v) is 15.8. The van der Waals surface area contributed by atoms with Crippen LogP contribution < -0.4 is 4.57 Å². The maximum atomic E-state index is 2.61. The van der Waals surface area contributed by atoms with Crippen LogP contribution in [0.15, 0.2) is 60.8 Å². The van der Waals surface area contributed by atoms with Crippen LogP contribution in [0.4, 0.5) is 0 Å². The second-order valence-electron chi connectivity index (χ2n) is 7.59. The Bertz CT molecular complexity index is 936. The molecule has 1 aromatic heterocycles. The third-order valence-electron chi connectivity index (χ3n) is 7.00. The fourth-order valence-electron chi connectivity index (χ4n) is 5.43. The standard InChI is InChI=1S/C24H28N/c1-5-23(4)21-15-11-10-14-20(21)22-19-13-9-8-12-18(19)16-17-25(22)24(23,6-2)7-3/h8-17H,5-7H2,1-4H3/q+1. The summed E-state index contributed by atoms with van der Waals surface area (Å²) in [4.78, 5) is 0. The number of pyridine rings is 1. The van der Waals surface area contributed by atoms with E-state index in [-0.39, 0.29) is 11.0 Å². The van der Waals surface area contributed by atoms with Gasteiger partial charge < -0.3 is 0 Å². The molecule has 0 radical (unpaired) electrons. The minimum atomic E-state index is 0.107. The molecule has 1 aliphatic heterocycles. The Morgan fingerprint density at radius 3 is 2.20 bits per heavy atom. The van der Waals surface area contributed by atoms with Gasteiger partial charge in [-0.3, -0.25) is 0 Å². The van der Waals surface area contributed by atoms with Gasteiger partial charge in [-0.15, -0.1) is 0 Å². The van der Waals surface area contributed by atoms with E-state index in [1.807, 2.05) is 0 Å². The van der Waals surface area contributed by atoms with E-state index in [9.17, 15) is 0 Å². The van der Waals surface area contributed by atoms with Crippen molar-refractivity contribution in [2.75, 3.05) is 0 Å². The molecule has 0 aliphatic carbocycles. The van der Waals surface area contributed by atoms with Gasteiger partial charge in [0.15, 0.2) is 11.7 Å². The van der Waals surface area contributed by atoms with Gasteiger partial charge in [-0.1, -0.05) is 57.2 Å². The van der Waals surface area contributed by atoms with Crippen LogP contribution in [0.3, 0.4) is 0 Å². The topological polar surface area (TPSA) is 3.88 Å². The van der Waals surface area contributed by atoms with E-state index in [1.165, 1.54) is 27.6 Å². The minimum Gasteiger partial charge on any atom is -0.192 e. The van der Waals surface area contributed by atoms with Crippen molar-refractivity contribution in [2.24, 2.45) is 0 Å². The number of nitrogens with zero attached hydrogens (tertiary/aromatic N) is 1. The highest BCUT2D eigenvalue weighted by Crippen LogP contribution is 2.51. The molecule has 0 fully saturated rings. The first kappa shape index (κ1) is 16.3. The highest BCUT2D eigenvalue weighted by atomic mass is 15.1. The van der Waals surface area contributed by atoms with Crippen LogP contribution in [0.1, 0.15) is 52.5 Å². The van der Waals surface area contributed by atoms with Crippen LogP contribution in [-0.2, 0) is 11.0 Å².